The Morgan fingerprint density at radius 2 is 1.73 bits per heavy atom. The van der Waals surface area contributed by atoms with Crippen molar-refractivity contribution < 1.29 is 23.1 Å². The summed E-state index contributed by atoms with van der Waals surface area (Å²) < 4.78 is 23.5. The second kappa shape index (κ2) is 6.01. The molecule has 1 heterocycles. The zero-order valence-electron chi connectivity index (χ0n) is 12.5. The molecule has 6 heteroatoms. The number of nitrogens with two attached hydrogens (primary N) is 1. The van der Waals surface area contributed by atoms with Gasteiger partial charge in [-0.05, 0) is 32.9 Å². The summed E-state index contributed by atoms with van der Waals surface area (Å²) in [5, 5.41) is 0. The van der Waals surface area contributed by atoms with Crippen LogP contribution in [0.3, 0.4) is 0 Å². The second-order valence-electron chi connectivity index (χ2n) is 4.95. The number of carbonyl (C=O) groups is 2. The van der Waals surface area contributed by atoms with Crippen LogP contribution in [0.1, 0.15) is 39.1 Å². The van der Waals surface area contributed by atoms with Crippen molar-refractivity contribution in [2.24, 2.45) is 5.73 Å². The van der Waals surface area contributed by atoms with Crippen LogP contribution in [-0.4, -0.2) is 11.9 Å². The number of furan rings is 1. The van der Waals surface area contributed by atoms with Crippen LogP contribution in [0.15, 0.2) is 28.7 Å². The molecular formula is C16H16FNO4. The van der Waals surface area contributed by atoms with Gasteiger partial charge in [0.2, 0.25) is 6.10 Å². The van der Waals surface area contributed by atoms with E-state index in [2.05, 4.69) is 0 Å². The number of primary amides is 1. The molecule has 0 saturated carbocycles. The minimum Gasteiger partial charge on any atom is -0.465 e. The molecule has 0 fully saturated rings. The van der Waals surface area contributed by atoms with E-state index in [0.29, 0.717) is 22.6 Å². The third-order valence-electron chi connectivity index (χ3n) is 3.42. The summed E-state index contributed by atoms with van der Waals surface area (Å²) in [5.74, 6) is -1.00. The van der Waals surface area contributed by atoms with Crippen molar-refractivity contribution in [3.63, 3.8) is 0 Å². The van der Waals surface area contributed by atoms with E-state index in [9.17, 15) is 14.0 Å². The smallest absolute Gasteiger partial charge is 0.343 e. The molecule has 1 aromatic heterocycles. The molecule has 5 nitrogen and oxygen atoms in total. The quantitative estimate of drug-likeness (QED) is 0.880. The largest absolute Gasteiger partial charge is 0.465 e. The highest BCUT2D eigenvalue weighted by molar-refractivity contribution is 5.94. The van der Waals surface area contributed by atoms with E-state index >= 15 is 0 Å². The Hall–Kier alpha value is -2.63. The highest BCUT2D eigenvalue weighted by atomic mass is 19.1. The molecule has 0 unspecified atom stereocenters. The molecular weight excluding hydrogens is 289 g/mol. The van der Waals surface area contributed by atoms with E-state index < -0.39 is 23.8 Å². The van der Waals surface area contributed by atoms with Crippen molar-refractivity contribution in [3.05, 3.63) is 58.3 Å². The van der Waals surface area contributed by atoms with Crippen molar-refractivity contribution in [3.8, 4) is 0 Å². The Labute approximate surface area is 126 Å². The lowest BCUT2D eigenvalue weighted by atomic mass is 10.1. The number of amides is 1. The molecule has 1 atom stereocenters. The van der Waals surface area contributed by atoms with Gasteiger partial charge in [0.25, 0.3) is 5.91 Å². The summed E-state index contributed by atoms with van der Waals surface area (Å²) in [4.78, 5) is 23.8. The number of ether oxygens (including phenoxy) is 1. The summed E-state index contributed by atoms with van der Waals surface area (Å²) in [5.41, 5.74) is 6.50. The molecule has 2 N–H and O–H groups in total. The zero-order chi connectivity index (χ0) is 16.4. The van der Waals surface area contributed by atoms with Crippen LogP contribution in [0.5, 0.6) is 0 Å². The van der Waals surface area contributed by atoms with Crippen LogP contribution in [0.25, 0.3) is 0 Å². The molecule has 1 aromatic carbocycles. The van der Waals surface area contributed by atoms with Crippen LogP contribution < -0.4 is 5.73 Å². The van der Waals surface area contributed by atoms with Gasteiger partial charge in [-0.2, -0.15) is 0 Å². The third kappa shape index (κ3) is 3.00. The number of hydrogen-bond acceptors (Lipinski definition) is 4. The van der Waals surface area contributed by atoms with Crippen molar-refractivity contribution in [1.82, 2.24) is 0 Å². The molecule has 22 heavy (non-hydrogen) atoms. The van der Waals surface area contributed by atoms with Gasteiger partial charge in [-0.3, -0.25) is 4.79 Å². The van der Waals surface area contributed by atoms with E-state index in [1.165, 1.54) is 12.1 Å². The average molecular weight is 305 g/mol. The molecule has 0 bridgehead atoms. The van der Waals surface area contributed by atoms with Gasteiger partial charge < -0.3 is 14.9 Å². The number of hydrogen-bond donors (Lipinski definition) is 1. The van der Waals surface area contributed by atoms with Crippen LogP contribution >= 0.6 is 0 Å². The Morgan fingerprint density at radius 1 is 1.14 bits per heavy atom. The van der Waals surface area contributed by atoms with Gasteiger partial charge in [0.1, 0.15) is 22.9 Å². The zero-order valence-corrected chi connectivity index (χ0v) is 12.5. The van der Waals surface area contributed by atoms with Gasteiger partial charge in [-0.15, -0.1) is 0 Å². The standard InChI is InChI=1S/C16H16FNO4/c1-8-9(2)21-10(3)13(8)16(20)22-14(15(18)19)11-4-6-12(17)7-5-11/h4-7,14H,1-3H3,(H2,18,19)/t14-/m1/s1. The monoisotopic (exact) mass is 305 g/mol. The highest BCUT2D eigenvalue weighted by Gasteiger charge is 2.27. The lowest BCUT2D eigenvalue weighted by Crippen LogP contribution is -2.26. The fraction of sp³-hybridized carbons (Fsp3) is 0.250. The molecule has 1 amide bonds. The molecule has 0 saturated heterocycles. The first-order valence-corrected chi connectivity index (χ1v) is 6.63. The first-order valence-electron chi connectivity index (χ1n) is 6.63. The number of benzene rings is 1. The maximum absolute atomic E-state index is 13.0. The van der Waals surface area contributed by atoms with Gasteiger partial charge >= 0.3 is 5.97 Å². The Bertz CT molecular complexity index is 718. The Kier molecular flexibility index (Phi) is 4.30. The summed E-state index contributed by atoms with van der Waals surface area (Å²) in [6, 6.07) is 5.02. The van der Waals surface area contributed by atoms with Crippen LogP contribution in [0.2, 0.25) is 0 Å². The summed E-state index contributed by atoms with van der Waals surface area (Å²) in [7, 11) is 0. The average Bonchev–Trinajstić information content (AvgIpc) is 2.70. The highest BCUT2D eigenvalue weighted by Crippen LogP contribution is 2.25. The first kappa shape index (κ1) is 15.8. The summed E-state index contributed by atoms with van der Waals surface area (Å²) >= 11 is 0. The minimum atomic E-state index is -1.29. The predicted octanol–water partition coefficient (Wildman–Crippen LogP) is 2.73. The number of carbonyl (C=O) groups excluding carboxylic acids is 2. The maximum Gasteiger partial charge on any atom is 0.343 e. The second-order valence-corrected chi connectivity index (χ2v) is 4.95. The number of rotatable bonds is 4. The lowest BCUT2D eigenvalue weighted by molar-refractivity contribution is -0.127. The number of esters is 1. The number of aryl methyl sites for hydroxylation is 2. The van der Waals surface area contributed by atoms with Crippen LogP contribution in [-0.2, 0) is 9.53 Å². The maximum atomic E-state index is 13.0. The van der Waals surface area contributed by atoms with E-state index in [4.69, 9.17) is 14.9 Å². The topological polar surface area (TPSA) is 82.5 Å². The SMILES string of the molecule is Cc1oc(C)c(C(=O)O[C@@H](C(N)=O)c2ccc(F)cc2)c1C. The minimum absolute atomic E-state index is 0.269. The fourth-order valence-corrected chi connectivity index (χ4v) is 2.19. The number of halogens is 1. The molecule has 0 aliphatic heterocycles. The molecule has 0 aliphatic rings. The van der Waals surface area contributed by atoms with E-state index in [0.717, 1.165) is 12.1 Å². The van der Waals surface area contributed by atoms with Crippen molar-refractivity contribution in [1.29, 1.82) is 0 Å². The van der Waals surface area contributed by atoms with Crippen LogP contribution in [0.4, 0.5) is 4.39 Å². The van der Waals surface area contributed by atoms with Gasteiger partial charge in [0.05, 0.1) is 0 Å². The Morgan fingerprint density at radius 3 is 2.18 bits per heavy atom. The molecule has 2 rings (SSSR count). The molecule has 0 aliphatic carbocycles. The van der Waals surface area contributed by atoms with Crippen molar-refractivity contribution in [2.45, 2.75) is 26.9 Å². The van der Waals surface area contributed by atoms with Crippen molar-refractivity contribution in [2.75, 3.05) is 0 Å². The molecule has 2 aromatic rings. The first-order chi connectivity index (χ1) is 10.3. The van der Waals surface area contributed by atoms with Gasteiger partial charge in [0.15, 0.2) is 0 Å². The molecule has 0 spiro atoms. The summed E-state index contributed by atoms with van der Waals surface area (Å²) in [6.45, 7) is 5.08. The van der Waals surface area contributed by atoms with Gasteiger partial charge in [-0.25, -0.2) is 9.18 Å². The lowest BCUT2D eigenvalue weighted by Gasteiger charge is -2.15. The fourth-order valence-electron chi connectivity index (χ4n) is 2.19. The van der Waals surface area contributed by atoms with Gasteiger partial charge in [0, 0.05) is 11.1 Å². The van der Waals surface area contributed by atoms with E-state index in [1.807, 2.05) is 0 Å². The molecule has 0 radical (unpaired) electrons. The third-order valence-corrected chi connectivity index (χ3v) is 3.42. The van der Waals surface area contributed by atoms with Gasteiger partial charge in [-0.1, -0.05) is 12.1 Å². The molecule has 116 valence electrons. The Balaban J connectivity index is 2.30. The van der Waals surface area contributed by atoms with Crippen molar-refractivity contribution >= 4 is 11.9 Å². The van der Waals surface area contributed by atoms with E-state index in [-0.39, 0.29) is 5.56 Å². The van der Waals surface area contributed by atoms with E-state index in [1.54, 1.807) is 20.8 Å². The van der Waals surface area contributed by atoms with Crippen LogP contribution in [0, 0.1) is 26.6 Å². The normalized spacial score (nSPS) is 12.0. The summed E-state index contributed by atoms with van der Waals surface area (Å²) in [6.07, 6.45) is -1.29. The predicted molar refractivity (Wildman–Crippen MR) is 76.7 cm³/mol.